The average Bonchev–Trinajstić information content (AvgIpc) is 2.45. The van der Waals surface area contributed by atoms with Gasteiger partial charge in [-0.05, 0) is 31.5 Å². The summed E-state index contributed by atoms with van der Waals surface area (Å²) in [5.41, 5.74) is -1.03. The summed E-state index contributed by atoms with van der Waals surface area (Å²) in [6, 6.07) is 6.28. The van der Waals surface area contributed by atoms with Crippen molar-refractivity contribution in [3.8, 4) is 5.75 Å². The number of aromatic amines is 2. The number of sulfonamides is 1. The first-order valence-corrected chi connectivity index (χ1v) is 8.22. The van der Waals surface area contributed by atoms with Crippen LogP contribution in [0, 0.1) is 6.92 Å². The third-order valence-electron chi connectivity index (χ3n) is 3.29. The maximum atomic E-state index is 12.4. The molecule has 0 bridgehead atoms. The summed E-state index contributed by atoms with van der Waals surface area (Å²) in [6.45, 7) is 3.00. The zero-order valence-corrected chi connectivity index (χ0v) is 13.7. The molecule has 2 aromatic rings. The summed E-state index contributed by atoms with van der Waals surface area (Å²) < 4.78 is 32.3. The van der Waals surface area contributed by atoms with E-state index in [4.69, 9.17) is 4.74 Å². The number of aryl methyl sites for hydroxylation is 1. The second kappa shape index (κ2) is 6.39. The summed E-state index contributed by atoms with van der Waals surface area (Å²) in [6.07, 6.45) is 0. The SMILES string of the molecule is COc1ccc([C@H](C)NS(=O)(=O)c2c(C)[nH]c(=O)[nH]c2=O)cc1. The first kappa shape index (κ1) is 17.0. The van der Waals surface area contributed by atoms with Gasteiger partial charge in [-0.3, -0.25) is 9.78 Å². The Morgan fingerprint density at radius 3 is 2.26 bits per heavy atom. The minimum atomic E-state index is -4.10. The number of nitrogens with one attached hydrogen (secondary N) is 3. The molecule has 1 aromatic carbocycles. The van der Waals surface area contributed by atoms with Gasteiger partial charge in [-0.2, -0.15) is 0 Å². The van der Waals surface area contributed by atoms with E-state index in [1.54, 1.807) is 31.2 Å². The minimum absolute atomic E-state index is 0.0202. The first-order valence-electron chi connectivity index (χ1n) is 6.74. The topological polar surface area (TPSA) is 121 Å². The van der Waals surface area contributed by atoms with E-state index in [1.165, 1.54) is 14.0 Å². The predicted octanol–water partition coefficient (Wildman–Crippen LogP) is 0.420. The van der Waals surface area contributed by atoms with Gasteiger partial charge in [0.2, 0.25) is 10.0 Å². The highest BCUT2D eigenvalue weighted by Crippen LogP contribution is 2.19. The van der Waals surface area contributed by atoms with Crippen LogP contribution in [0.3, 0.4) is 0 Å². The highest BCUT2D eigenvalue weighted by Gasteiger charge is 2.24. The van der Waals surface area contributed by atoms with Gasteiger partial charge >= 0.3 is 5.69 Å². The number of H-pyrrole nitrogens is 2. The molecule has 0 fully saturated rings. The molecule has 0 aliphatic carbocycles. The number of ether oxygens (including phenoxy) is 1. The summed E-state index contributed by atoms with van der Waals surface area (Å²) >= 11 is 0. The summed E-state index contributed by atoms with van der Waals surface area (Å²) in [5.74, 6) is 0.650. The molecule has 0 aliphatic rings. The monoisotopic (exact) mass is 339 g/mol. The van der Waals surface area contributed by atoms with E-state index in [0.717, 1.165) is 0 Å². The Hall–Kier alpha value is -2.39. The fourth-order valence-corrected chi connectivity index (χ4v) is 3.63. The molecule has 9 heteroatoms. The maximum Gasteiger partial charge on any atom is 0.325 e. The zero-order valence-electron chi connectivity index (χ0n) is 12.8. The molecule has 8 nitrogen and oxygen atoms in total. The first-order chi connectivity index (χ1) is 10.7. The van der Waals surface area contributed by atoms with Crippen LogP contribution >= 0.6 is 0 Å². The van der Waals surface area contributed by atoms with Crippen molar-refractivity contribution < 1.29 is 13.2 Å². The van der Waals surface area contributed by atoms with Crippen LogP contribution in [0.5, 0.6) is 5.75 Å². The van der Waals surface area contributed by atoms with Crippen molar-refractivity contribution in [1.82, 2.24) is 14.7 Å². The Kier molecular flexibility index (Phi) is 4.71. The predicted molar refractivity (Wildman–Crippen MR) is 84.2 cm³/mol. The van der Waals surface area contributed by atoms with Gasteiger partial charge in [-0.25, -0.2) is 17.9 Å². The van der Waals surface area contributed by atoms with E-state index in [0.29, 0.717) is 11.3 Å². The fourth-order valence-electron chi connectivity index (χ4n) is 2.16. The van der Waals surface area contributed by atoms with Crippen LogP contribution in [0.1, 0.15) is 24.2 Å². The zero-order chi connectivity index (χ0) is 17.2. The maximum absolute atomic E-state index is 12.4. The molecule has 0 saturated heterocycles. The summed E-state index contributed by atoms with van der Waals surface area (Å²) in [7, 11) is -2.56. The molecule has 124 valence electrons. The third kappa shape index (κ3) is 3.69. The lowest BCUT2D eigenvalue weighted by Crippen LogP contribution is -2.35. The molecule has 1 atom stereocenters. The van der Waals surface area contributed by atoms with Crippen molar-refractivity contribution in [3.63, 3.8) is 0 Å². The molecule has 3 N–H and O–H groups in total. The number of aromatic nitrogens is 2. The van der Waals surface area contributed by atoms with Gasteiger partial charge < -0.3 is 9.72 Å². The normalized spacial score (nSPS) is 12.8. The summed E-state index contributed by atoms with van der Waals surface area (Å²) in [5, 5.41) is 0. The van der Waals surface area contributed by atoms with E-state index >= 15 is 0 Å². The molecule has 1 heterocycles. The van der Waals surface area contributed by atoms with Gasteiger partial charge in [-0.15, -0.1) is 0 Å². The molecule has 0 unspecified atom stereocenters. The van der Waals surface area contributed by atoms with Crippen LogP contribution in [-0.2, 0) is 10.0 Å². The van der Waals surface area contributed by atoms with Crippen molar-refractivity contribution in [1.29, 1.82) is 0 Å². The van der Waals surface area contributed by atoms with Crippen LogP contribution in [0.2, 0.25) is 0 Å². The van der Waals surface area contributed by atoms with Crippen LogP contribution in [0.4, 0.5) is 0 Å². The molecule has 2 rings (SSSR count). The lowest BCUT2D eigenvalue weighted by atomic mass is 10.1. The van der Waals surface area contributed by atoms with Crippen molar-refractivity contribution in [2.75, 3.05) is 7.11 Å². The molecule has 0 radical (unpaired) electrons. The largest absolute Gasteiger partial charge is 0.497 e. The molecular formula is C14H17N3O5S. The fraction of sp³-hybridized carbons (Fsp3) is 0.286. The Morgan fingerprint density at radius 2 is 1.74 bits per heavy atom. The van der Waals surface area contributed by atoms with Crippen LogP contribution in [-0.4, -0.2) is 25.5 Å². The Labute approximate surface area is 132 Å². The molecular weight excluding hydrogens is 322 g/mol. The average molecular weight is 339 g/mol. The van der Waals surface area contributed by atoms with E-state index in [2.05, 4.69) is 9.71 Å². The number of benzene rings is 1. The minimum Gasteiger partial charge on any atom is -0.497 e. The molecule has 0 spiro atoms. The molecule has 0 amide bonds. The van der Waals surface area contributed by atoms with Crippen molar-refractivity contribution >= 4 is 10.0 Å². The Bertz CT molecular complexity index is 913. The number of methoxy groups -OCH3 is 1. The number of hydrogen-bond donors (Lipinski definition) is 3. The molecule has 0 saturated carbocycles. The lowest BCUT2D eigenvalue weighted by molar-refractivity contribution is 0.414. The third-order valence-corrected chi connectivity index (χ3v) is 4.98. The van der Waals surface area contributed by atoms with Gasteiger partial charge in [0.15, 0.2) is 4.90 Å². The van der Waals surface area contributed by atoms with E-state index in [1.807, 2.05) is 4.98 Å². The smallest absolute Gasteiger partial charge is 0.325 e. The van der Waals surface area contributed by atoms with Crippen molar-refractivity contribution in [2.45, 2.75) is 24.8 Å². The van der Waals surface area contributed by atoms with E-state index < -0.39 is 32.2 Å². The highest BCUT2D eigenvalue weighted by atomic mass is 32.2. The Morgan fingerprint density at radius 1 is 1.13 bits per heavy atom. The second-order valence-electron chi connectivity index (χ2n) is 4.98. The van der Waals surface area contributed by atoms with Crippen LogP contribution in [0.25, 0.3) is 0 Å². The Balaban J connectivity index is 2.34. The van der Waals surface area contributed by atoms with Gasteiger partial charge in [-0.1, -0.05) is 12.1 Å². The highest BCUT2D eigenvalue weighted by molar-refractivity contribution is 7.89. The molecule has 0 aliphatic heterocycles. The summed E-state index contributed by atoms with van der Waals surface area (Å²) in [4.78, 5) is 26.6. The number of hydrogen-bond acceptors (Lipinski definition) is 5. The number of rotatable bonds is 5. The van der Waals surface area contributed by atoms with Gasteiger partial charge in [0.05, 0.1) is 7.11 Å². The van der Waals surface area contributed by atoms with E-state index in [9.17, 15) is 18.0 Å². The van der Waals surface area contributed by atoms with Gasteiger partial charge in [0, 0.05) is 11.7 Å². The van der Waals surface area contributed by atoms with E-state index in [-0.39, 0.29) is 5.69 Å². The van der Waals surface area contributed by atoms with Crippen molar-refractivity contribution in [2.24, 2.45) is 0 Å². The molecule has 1 aromatic heterocycles. The van der Waals surface area contributed by atoms with Crippen LogP contribution < -0.4 is 20.7 Å². The van der Waals surface area contributed by atoms with Crippen molar-refractivity contribution in [3.05, 3.63) is 56.4 Å². The lowest BCUT2D eigenvalue weighted by Gasteiger charge is -2.15. The standard InChI is InChI=1S/C14H17N3O5S/c1-8(10-4-6-11(22-3)7-5-10)17-23(20,21)12-9(2)15-14(19)16-13(12)18/h4-8,17H,1-3H3,(H2,15,16,18,19)/t8-/m0/s1. The molecule has 23 heavy (non-hydrogen) atoms. The van der Waals surface area contributed by atoms with Crippen LogP contribution in [0.15, 0.2) is 38.8 Å². The second-order valence-corrected chi connectivity index (χ2v) is 6.63. The van der Waals surface area contributed by atoms with Gasteiger partial charge in [0.25, 0.3) is 5.56 Å². The quantitative estimate of drug-likeness (QED) is 0.729. The van der Waals surface area contributed by atoms with Gasteiger partial charge in [0.1, 0.15) is 5.75 Å².